The molecule has 0 radical (unpaired) electrons. The molecule has 31 heavy (non-hydrogen) atoms. The lowest BCUT2D eigenvalue weighted by atomic mass is 9.97. The van der Waals surface area contributed by atoms with Gasteiger partial charge in [-0.1, -0.05) is 30.4 Å². The molecule has 0 amide bonds. The Bertz CT molecular complexity index is 1350. The number of halogens is 1. The predicted octanol–water partition coefficient (Wildman–Crippen LogP) is 4.44. The molecule has 6 nitrogen and oxygen atoms in total. The van der Waals surface area contributed by atoms with Crippen molar-refractivity contribution in [2.24, 2.45) is 4.99 Å². The standard InChI is InChI=1S/C24H17FN4O2/c1-3-7-17(20(12-26)27-2)18-11-19-21(14-31-22-10-15(25)13-28-23(19)22)29(24(18)30)16-8-5-4-6-9-16/h3-11,13H,2,14H2,1H3/b7-3-,20-17+. The molecule has 3 heterocycles. The Morgan fingerprint density at radius 3 is 2.81 bits per heavy atom. The van der Waals surface area contributed by atoms with Crippen LogP contribution in [-0.4, -0.2) is 16.3 Å². The number of para-hydroxylation sites is 1. The molecule has 1 aromatic carbocycles. The molecule has 0 unspecified atom stereocenters. The molecule has 0 spiro atoms. The Kier molecular flexibility index (Phi) is 5.29. The zero-order valence-electron chi connectivity index (χ0n) is 16.7. The van der Waals surface area contributed by atoms with Crippen molar-refractivity contribution in [2.75, 3.05) is 0 Å². The van der Waals surface area contributed by atoms with Gasteiger partial charge in [-0.05, 0) is 31.8 Å². The fourth-order valence-corrected chi connectivity index (χ4v) is 3.57. The topological polar surface area (TPSA) is 80.3 Å². The average molecular weight is 412 g/mol. The van der Waals surface area contributed by atoms with Crippen molar-refractivity contribution in [3.63, 3.8) is 0 Å². The number of benzene rings is 1. The maximum atomic E-state index is 13.7. The summed E-state index contributed by atoms with van der Waals surface area (Å²) in [6, 6.07) is 14.0. The number of fused-ring (bicyclic) bond motifs is 3. The van der Waals surface area contributed by atoms with E-state index in [1.54, 1.807) is 37.3 Å². The number of allylic oxidation sites excluding steroid dienone is 4. The highest BCUT2D eigenvalue weighted by Crippen LogP contribution is 2.37. The second-order valence-corrected chi connectivity index (χ2v) is 6.72. The Balaban J connectivity index is 2.15. The molecule has 0 N–H and O–H groups in total. The van der Waals surface area contributed by atoms with Gasteiger partial charge >= 0.3 is 0 Å². The summed E-state index contributed by atoms with van der Waals surface area (Å²) in [5.74, 6) is -0.230. The van der Waals surface area contributed by atoms with Crippen molar-refractivity contribution >= 4 is 12.3 Å². The largest absolute Gasteiger partial charge is 0.485 e. The molecule has 2 aromatic heterocycles. The molecule has 3 aromatic rings. The minimum absolute atomic E-state index is 0.0223. The molecular formula is C24H17FN4O2. The lowest BCUT2D eigenvalue weighted by molar-refractivity contribution is 0.290. The van der Waals surface area contributed by atoms with Crippen LogP contribution < -0.4 is 10.3 Å². The van der Waals surface area contributed by atoms with E-state index in [0.29, 0.717) is 28.2 Å². The van der Waals surface area contributed by atoms with Crippen molar-refractivity contribution < 1.29 is 9.13 Å². The quantitative estimate of drug-likeness (QED) is 0.360. The molecule has 1 aliphatic heterocycles. The number of nitrogens with zero attached hydrogens (tertiary/aromatic N) is 4. The van der Waals surface area contributed by atoms with E-state index >= 15 is 0 Å². The highest BCUT2D eigenvalue weighted by Gasteiger charge is 2.26. The van der Waals surface area contributed by atoms with Crippen LogP contribution >= 0.6 is 0 Å². The summed E-state index contributed by atoms with van der Waals surface area (Å²) in [5, 5.41) is 9.53. The van der Waals surface area contributed by atoms with E-state index in [2.05, 4.69) is 16.7 Å². The van der Waals surface area contributed by atoms with Gasteiger partial charge in [-0.3, -0.25) is 14.4 Å². The first-order chi connectivity index (χ1) is 15.1. The summed E-state index contributed by atoms with van der Waals surface area (Å²) in [4.78, 5) is 21.6. The molecule has 0 atom stereocenters. The third-order valence-electron chi connectivity index (χ3n) is 4.90. The van der Waals surface area contributed by atoms with Crippen LogP contribution in [0.5, 0.6) is 5.75 Å². The Morgan fingerprint density at radius 2 is 2.13 bits per heavy atom. The molecule has 4 rings (SSSR count). The molecule has 7 heteroatoms. The molecule has 1 aliphatic rings. The fraction of sp³-hybridized carbons (Fsp3) is 0.0833. The van der Waals surface area contributed by atoms with Crippen LogP contribution in [0.15, 0.2) is 76.3 Å². The number of ether oxygens (including phenoxy) is 1. The molecule has 152 valence electrons. The number of hydrogen-bond donors (Lipinski definition) is 0. The van der Waals surface area contributed by atoms with Crippen molar-refractivity contribution in [2.45, 2.75) is 13.5 Å². The van der Waals surface area contributed by atoms with Crippen LogP contribution in [0, 0.1) is 17.1 Å². The normalized spacial score (nSPS) is 12.9. The van der Waals surface area contributed by atoms with Gasteiger partial charge in [-0.25, -0.2) is 9.37 Å². The number of aromatic nitrogens is 2. The Hall–Kier alpha value is -4.31. The fourth-order valence-electron chi connectivity index (χ4n) is 3.57. The summed E-state index contributed by atoms with van der Waals surface area (Å²) < 4.78 is 21.0. The number of hydrogen-bond acceptors (Lipinski definition) is 5. The molecule has 0 bridgehead atoms. The number of nitriles is 1. The maximum absolute atomic E-state index is 13.7. The van der Waals surface area contributed by atoms with Crippen LogP contribution in [0.3, 0.4) is 0 Å². The van der Waals surface area contributed by atoms with Crippen LogP contribution in [-0.2, 0) is 6.61 Å². The lowest BCUT2D eigenvalue weighted by Gasteiger charge is -2.24. The first kappa shape index (κ1) is 20.0. The van der Waals surface area contributed by atoms with Crippen LogP contribution in [0.2, 0.25) is 0 Å². The van der Waals surface area contributed by atoms with Crippen LogP contribution in [0.25, 0.3) is 22.5 Å². The molecular weight excluding hydrogens is 395 g/mol. The molecule has 0 aliphatic carbocycles. The van der Waals surface area contributed by atoms with E-state index < -0.39 is 5.82 Å². The van der Waals surface area contributed by atoms with E-state index in [1.807, 2.05) is 24.3 Å². The van der Waals surface area contributed by atoms with Gasteiger partial charge in [0.25, 0.3) is 5.56 Å². The first-order valence-electron chi connectivity index (χ1n) is 9.46. The van der Waals surface area contributed by atoms with Crippen LogP contribution in [0.4, 0.5) is 4.39 Å². The SMILES string of the molecule is C=N/C(C#N)=C(\C=C/C)c1cc2c(n(-c3ccccc3)c1=O)COc1cc(F)cnc1-2. The zero-order valence-corrected chi connectivity index (χ0v) is 16.7. The van der Waals surface area contributed by atoms with E-state index in [4.69, 9.17) is 4.74 Å². The van der Waals surface area contributed by atoms with Crippen molar-refractivity contribution in [3.05, 3.63) is 93.9 Å². The van der Waals surface area contributed by atoms with Gasteiger partial charge in [0.2, 0.25) is 0 Å². The molecule has 0 saturated heterocycles. The summed E-state index contributed by atoms with van der Waals surface area (Å²) in [7, 11) is 0. The monoisotopic (exact) mass is 412 g/mol. The third kappa shape index (κ3) is 3.45. The smallest absolute Gasteiger partial charge is 0.263 e. The van der Waals surface area contributed by atoms with Gasteiger partial charge in [0, 0.05) is 22.9 Å². The van der Waals surface area contributed by atoms with E-state index in [9.17, 15) is 14.4 Å². The van der Waals surface area contributed by atoms with E-state index in [0.717, 1.165) is 6.20 Å². The van der Waals surface area contributed by atoms with Gasteiger partial charge < -0.3 is 4.74 Å². The van der Waals surface area contributed by atoms with E-state index in [-0.39, 0.29) is 29.2 Å². The summed E-state index contributed by atoms with van der Waals surface area (Å²) in [6.07, 6.45) is 4.46. The summed E-state index contributed by atoms with van der Waals surface area (Å²) in [5.41, 5.74) is 2.51. The summed E-state index contributed by atoms with van der Waals surface area (Å²) >= 11 is 0. The predicted molar refractivity (Wildman–Crippen MR) is 116 cm³/mol. The third-order valence-corrected chi connectivity index (χ3v) is 4.90. The Labute approximate surface area is 177 Å². The van der Waals surface area contributed by atoms with Gasteiger partial charge in [0.05, 0.1) is 17.5 Å². The lowest BCUT2D eigenvalue weighted by Crippen LogP contribution is -2.28. The molecule has 0 saturated carbocycles. The zero-order chi connectivity index (χ0) is 22.0. The Morgan fingerprint density at radius 1 is 1.35 bits per heavy atom. The maximum Gasteiger partial charge on any atom is 0.263 e. The number of pyridine rings is 2. The first-order valence-corrected chi connectivity index (χ1v) is 9.46. The minimum atomic E-state index is -0.518. The average Bonchev–Trinajstić information content (AvgIpc) is 2.79. The minimum Gasteiger partial charge on any atom is -0.485 e. The van der Waals surface area contributed by atoms with E-state index in [1.165, 1.54) is 10.6 Å². The van der Waals surface area contributed by atoms with Gasteiger partial charge in [0.1, 0.15) is 35.6 Å². The van der Waals surface area contributed by atoms with Crippen molar-refractivity contribution in [1.29, 1.82) is 5.26 Å². The van der Waals surface area contributed by atoms with Crippen molar-refractivity contribution in [1.82, 2.24) is 9.55 Å². The molecule has 0 fully saturated rings. The van der Waals surface area contributed by atoms with Gasteiger partial charge in [0.15, 0.2) is 0 Å². The number of aliphatic imine (C=N–C) groups is 1. The summed E-state index contributed by atoms with van der Waals surface area (Å²) in [6.45, 7) is 5.30. The van der Waals surface area contributed by atoms with Crippen molar-refractivity contribution in [3.8, 4) is 28.8 Å². The second-order valence-electron chi connectivity index (χ2n) is 6.72. The highest BCUT2D eigenvalue weighted by molar-refractivity contribution is 5.83. The number of rotatable bonds is 4. The second kappa shape index (κ2) is 8.20. The van der Waals surface area contributed by atoms with Gasteiger partial charge in [-0.2, -0.15) is 5.26 Å². The highest BCUT2D eigenvalue weighted by atomic mass is 19.1. The van der Waals surface area contributed by atoms with Crippen LogP contribution in [0.1, 0.15) is 18.2 Å². The van der Waals surface area contributed by atoms with Gasteiger partial charge in [-0.15, -0.1) is 0 Å².